The molecule has 0 bridgehead atoms. The Morgan fingerprint density at radius 1 is 0.958 bits per heavy atom. The molecule has 1 N–H and O–H groups in total. The van der Waals surface area contributed by atoms with Crippen molar-refractivity contribution in [2.75, 3.05) is 5.32 Å². The number of hydrogen-bond donors (Lipinski definition) is 1. The molecule has 2 rings (SSSR count). The summed E-state index contributed by atoms with van der Waals surface area (Å²) < 4.78 is 52.1. The normalized spacial score (nSPS) is 12.1. The topological polar surface area (TPSA) is 29.1 Å². The van der Waals surface area contributed by atoms with Crippen molar-refractivity contribution >= 4 is 11.6 Å². The molecule has 2 aromatic carbocycles. The minimum Gasteiger partial charge on any atom is -0.322 e. The summed E-state index contributed by atoms with van der Waals surface area (Å²) in [5, 5.41) is 2.31. The second-order valence-corrected chi connectivity index (χ2v) is 6.48. The van der Waals surface area contributed by atoms with Gasteiger partial charge in [0.1, 0.15) is 5.82 Å². The monoisotopic (exact) mass is 339 g/mol. The van der Waals surface area contributed by atoms with Crippen molar-refractivity contribution < 1.29 is 22.4 Å². The van der Waals surface area contributed by atoms with Gasteiger partial charge >= 0.3 is 6.18 Å². The quantitative estimate of drug-likeness (QED) is 0.730. The zero-order valence-electron chi connectivity index (χ0n) is 13.5. The van der Waals surface area contributed by atoms with Gasteiger partial charge in [-0.1, -0.05) is 32.9 Å². The maximum absolute atomic E-state index is 13.9. The summed E-state index contributed by atoms with van der Waals surface area (Å²) in [7, 11) is 0. The first-order valence-corrected chi connectivity index (χ1v) is 7.27. The lowest BCUT2D eigenvalue weighted by Crippen LogP contribution is -2.17. The summed E-state index contributed by atoms with van der Waals surface area (Å²) in [6.07, 6.45) is -4.52. The molecule has 0 aromatic heterocycles. The number of rotatable bonds is 2. The SMILES string of the molecule is CC(C)(C)c1ccc(F)c(C(=O)Nc2cccc(C(F)(F)F)c2)c1. The van der Waals surface area contributed by atoms with Crippen molar-refractivity contribution in [1.29, 1.82) is 0 Å². The molecule has 0 heterocycles. The number of nitrogens with one attached hydrogen (secondary N) is 1. The highest BCUT2D eigenvalue weighted by atomic mass is 19.4. The Hall–Kier alpha value is -2.37. The molecule has 0 aliphatic carbocycles. The van der Waals surface area contributed by atoms with E-state index in [2.05, 4.69) is 5.32 Å². The van der Waals surface area contributed by atoms with Crippen LogP contribution in [0, 0.1) is 5.82 Å². The number of benzene rings is 2. The second kappa shape index (κ2) is 6.26. The van der Waals surface area contributed by atoms with E-state index >= 15 is 0 Å². The fraction of sp³-hybridized carbons (Fsp3) is 0.278. The summed E-state index contributed by atoms with van der Waals surface area (Å²) >= 11 is 0. The molecule has 0 saturated carbocycles. The highest BCUT2D eigenvalue weighted by molar-refractivity contribution is 6.04. The van der Waals surface area contributed by atoms with Gasteiger partial charge in [-0.3, -0.25) is 4.79 Å². The van der Waals surface area contributed by atoms with E-state index in [4.69, 9.17) is 0 Å². The van der Waals surface area contributed by atoms with E-state index in [1.54, 1.807) is 6.07 Å². The van der Waals surface area contributed by atoms with Crippen LogP contribution in [-0.4, -0.2) is 5.91 Å². The molecule has 6 heteroatoms. The molecule has 24 heavy (non-hydrogen) atoms. The van der Waals surface area contributed by atoms with E-state index in [1.165, 1.54) is 24.3 Å². The Morgan fingerprint density at radius 3 is 2.21 bits per heavy atom. The third kappa shape index (κ3) is 4.13. The minimum absolute atomic E-state index is 0.0459. The maximum Gasteiger partial charge on any atom is 0.416 e. The summed E-state index contributed by atoms with van der Waals surface area (Å²) in [6, 6.07) is 8.38. The molecular formula is C18H17F4NO. The van der Waals surface area contributed by atoms with Crippen LogP contribution in [0.5, 0.6) is 0 Å². The Bertz CT molecular complexity index is 760. The fourth-order valence-corrected chi connectivity index (χ4v) is 2.14. The molecule has 0 spiro atoms. The van der Waals surface area contributed by atoms with Crippen molar-refractivity contribution in [3.63, 3.8) is 0 Å². The lowest BCUT2D eigenvalue weighted by atomic mass is 9.86. The molecular weight excluding hydrogens is 322 g/mol. The van der Waals surface area contributed by atoms with Gasteiger partial charge in [0.25, 0.3) is 5.91 Å². The standard InChI is InChI=1S/C18H17F4NO/c1-17(2,3)11-7-8-15(19)14(10-11)16(24)23-13-6-4-5-12(9-13)18(20,21)22/h4-10H,1-3H3,(H,23,24). The first-order valence-electron chi connectivity index (χ1n) is 7.27. The average Bonchev–Trinajstić information content (AvgIpc) is 2.45. The average molecular weight is 339 g/mol. The summed E-state index contributed by atoms with van der Waals surface area (Å²) in [4.78, 5) is 12.2. The predicted octanol–water partition coefficient (Wildman–Crippen LogP) is 5.39. The zero-order chi connectivity index (χ0) is 18.1. The van der Waals surface area contributed by atoms with E-state index in [-0.39, 0.29) is 16.7 Å². The lowest BCUT2D eigenvalue weighted by Gasteiger charge is -2.20. The molecule has 2 nitrogen and oxygen atoms in total. The first kappa shape index (κ1) is 18.0. The van der Waals surface area contributed by atoms with Gasteiger partial charge in [-0.25, -0.2) is 4.39 Å². The van der Waals surface area contributed by atoms with E-state index in [0.29, 0.717) is 0 Å². The number of amides is 1. The summed E-state index contributed by atoms with van der Waals surface area (Å²) in [5.74, 6) is -1.52. The van der Waals surface area contributed by atoms with Crippen molar-refractivity contribution in [3.8, 4) is 0 Å². The van der Waals surface area contributed by atoms with Crippen LogP contribution in [-0.2, 0) is 11.6 Å². The molecule has 0 unspecified atom stereocenters. The van der Waals surface area contributed by atoms with Crippen LogP contribution in [0.4, 0.5) is 23.2 Å². The minimum atomic E-state index is -4.52. The van der Waals surface area contributed by atoms with E-state index in [1.807, 2.05) is 20.8 Å². The Kier molecular flexibility index (Phi) is 4.69. The Balaban J connectivity index is 2.31. The smallest absolute Gasteiger partial charge is 0.322 e. The molecule has 2 aromatic rings. The number of hydrogen-bond acceptors (Lipinski definition) is 1. The fourth-order valence-electron chi connectivity index (χ4n) is 2.14. The predicted molar refractivity (Wildman–Crippen MR) is 84.5 cm³/mol. The third-order valence-corrected chi connectivity index (χ3v) is 3.52. The number of carbonyl (C=O) groups excluding carboxylic acids is 1. The molecule has 0 fully saturated rings. The van der Waals surface area contributed by atoms with Gasteiger partial charge in [-0.15, -0.1) is 0 Å². The largest absolute Gasteiger partial charge is 0.416 e. The Labute approximate surface area is 137 Å². The van der Waals surface area contributed by atoms with Crippen LogP contribution < -0.4 is 5.32 Å². The van der Waals surface area contributed by atoms with Crippen molar-refractivity contribution in [3.05, 3.63) is 65.0 Å². The van der Waals surface area contributed by atoms with Crippen molar-refractivity contribution in [2.45, 2.75) is 32.4 Å². The molecule has 0 atom stereocenters. The van der Waals surface area contributed by atoms with E-state index < -0.39 is 23.5 Å². The van der Waals surface area contributed by atoms with Crippen LogP contribution in [0.1, 0.15) is 42.3 Å². The lowest BCUT2D eigenvalue weighted by molar-refractivity contribution is -0.137. The third-order valence-electron chi connectivity index (χ3n) is 3.52. The molecule has 0 radical (unpaired) electrons. The van der Waals surface area contributed by atoms with E-state index in [9.17, 15) is 22.4 Å². The van der Waals surface area contributed by atoms with Gasteiger partial charge in [-0.2, -0.15) is 13.2 Å². The first-order chi connectivity index (χ1) is 11.0. The van der Waals surface area contributed by atoms with Crippen LogP contribution in [0.25, 0.3) is 0 Å². The Morgan fingerprint density at radius 2 is 1.62 bits per heavy atom. The van der Waals surface area contributed by atoms with Crippen LogP contribution in [0.15, 0.2) is 42.5 Å². The van der Waals surface area contributed by atoms with Gasteiger partial charge in [0.2, 0.25) is 0 Å². The van der Waals surface area contributed by atoms with Gasteiger partial charge in [0.05, 0.1) is 11.1 Å². The van der Waals surface area contributed by atoms with Crippen LogP contribution in [0.3, 0.4) is 0 Å². The van der Waals surface area contributed by atoms with E-state index in [0.717, 1.165) is 17.7 Å². The molecule has 1 amide bonds. The second-order valence-electron chi connectivity index (χ2n) is 6.48. The van der Waals surface area contributed by atoms with Gasteiger partial charge in [0, 0.05) is 5.69 Å². The number of halogens is 4. The number of alkyl halides is 3. The highest BCUT2D eigenvalue weighted by Gasteiger charge is 2.30. The molecule has 0 saturated heterocycles. The number of carbonyl (C=O) groups is 1. The van der Waals surface area contributed by atoms with Gasteiger partial charge in [-0.05, 0) is 41.3 Å². The maximum atomic E-state index is 13.9. The summed E-state index contributed by atoms with van der Waals surface area (Å²) in [5.41, 5.74) is -0.684. The van der Waals surface area contributed by atoms with Gasteiger partial charge < -0.3 is 5.32 Å². The van der Waals surface area contributed by atoms with Gasteiger partial charge in [0.15, 0.2) is 0 Å². The number of anilines is 1. The molecule has 128 valence electrons. The van der Waals surface area contributed by atoms with Crippen molar-refractivity contribution in [1.82, 2.24) is 0 Å². The highest BCUT2D eigenvalue weighted by Crippen LogP contribution is 2.31. The van der Waals surface area contributed by atoms with Crippen molar-refractivity contribution in [2.24, 2.45) is 0 Å². The molecule has 0 aliphatic rings. The van der Waals surface area contributed by atoms with Crippen LogP contribution in [0.2, 0.25) is 0 Å². The van der Waals surface area contributed by atoms with Crippen LogP contribution >= 0.6 is 0 Å². The summed E-state index contributed by atoms with van der Waals surface area (Å²) in [6.45, 7) is 5.73. The molecule has 0 aliphatic heterocycles. The zero-order valence-corrected chi connectivity index (χ0v) is 13.5.